The van der Waals surface area contributed by atoms with Crippen LogP contribution in [0.25, 0.3) is 10.9 Å². The molecule has 2 N–H and O–H groups in total. The molecule has 0 saturated heterocycles. The van der Waals surface area contributed by atoms with Crippen molar-refractivity contribution < 1.29 is 9.90 Å². The molecule has 0 spiro atoms. The van der Waals surface area contributed by atoms with Crippen molar-refractivity contribution in [2.24, 2.45) is 0 Å². The summed E-state index contributed by atoms with van der Waals surface area (Å²) in [6.07, 6.45) is 0. The Hall–Kier alpha value is -1.33. The average molecular weight is 251 g/mol. The van der Waals surface area contributed by atoms with Crippen LogP contribution in [0.3, 0.4) is 0 Å². The van der Waals surface area contributed by atoms with Crippen molar-refractivity contribution in [2.45, 2.75) is 5.75 Å². The quantitative estimate of drug-likeness (QED) is 0.568. The molecule has 16 heavy (non-hydrogen) atoms. The number of hydrogen-bond donors (Lipinski definition) is 3. The molecule has 1 heterocycles. The lowest BCUT2D eigenvalue weighted by Crippen LogP contribution is -2.00. The van der Waals surface area contributed by atoms with E-state index >= 15 is 0 Å². The van der Waals surface area contributed by atoms with Gasteiger partial charge in [0.2, 0.25) is 0 Å². The molecule has 2 aromatic rings. The number of hydrogen-bond acceptors (Lipinski definition) is 3. The molecule has 0 aliphatic rings. The Morgan fingerprint density at radius 3 is 2.81 bits per heavy atom. The molecule has 0 atom stereocenters. The summed E-state index contributed by atoms with van der Waals surface area (Å²) in [4.78, 5) is 13.7. The van der Waals surface area contributed by atoms with Gasteiger partial charge in [-0.25, -0.2) is 4.79 Å². The Kier molecular flexibility index (Phi) is 2.98. The molecule has 3 nitrogen and oxygen atoms in total. The third-order valence-corrected chi connectivity index (χ3v) is 3.01. The van der Waals surface area contributed by atoms with E-state index in [4.69, 9.17) is 17.3 Å². The van der Waals surface area contributed by atoms with Crippen LogP contribution in [-0.4, -0.2) is 16.1 Å². The smallest absolute Gasteiger partial charge is 0.352 e. The van der Waals surface area contributed by atoms with Crippen molar-refractivity contribution in [3.63, 3.8) is 0 Å². The van der Waals surface area contributed by atoms with E-state index in [-0.39, 0.29) is 5.69 Å². The third-order valence-electron chi connectivity index (χ3n) is 2.31. The van der Waals surface area contributed by atoms with E-state index in [2.05, 4.69) is 17.6 Å². The van der Waals surface area contributed by atoms with Crippen LogP contribution in [-0.2, 0) is 5.75 Å². The van der Waals surface area contributed by atoms with Gasteiger partial charge < -0.3 is 10.1 Å². The molecule has 0 unspecified atom stereocenters. The number of aromatic carboxylic acids is 1. The fourth-order valence-corrected chi connectivity index (χ4v) is 2.01. The van der Waals surface area contributed by atoms with Crippen molar-refractivity contribution in [3.05, 3.63) is 40.0 Å². The van der Waals surface area contributed by atoms with E-state index in [1.54, 1.807) is 0 Å². The lowest BCUT2D eigenvalue weighted by Gasteiger charge is -2.03. The zero-order valence-electron chi connectivity index (χ0n) is 8.23. The molecule has 0 aliphatic carbocycles. The first-order valence-electron chi connectivity index (χ1n) is 4.62. The van der Waals surface area contributed by atoms with E-state index in [0.717, 1.165) is 16.5 Å². The van der Waals surface area contributed by atoms with Crippen molar-refractivity contribution in [3.8, 4) is 0 Å². The molecule has 82 valence electrons. The number of benzene rings is 1. The van der Waals surface area contributed by atoms with Gasteiger partial charge in [-0.2, -0.15) is 12.6 Å². The summed E-state index contributed by atoms with van der Waals surface area (Å²) in [7, 11) is 0. The molecular weight excluding hydrogens is 242 g/mol. The number of thiol groups is 1. The number of carboxylic acids is 1. The molecule has 0 radical (unpaired) electrons. The van der Waals surface area contributed by atoms with Crippen molar-refractivity contribution in [2.75, 3.05) is 0 Å². The number of H-pyrrole nitrogens is 1. The molecule has 2 rings (SSSR count). The molecule has 1 aromatic carbocycles. The van der Waals surface area contributed by atoms with Crippen LogP contribution in [0.15, 0.2) is 24.3 Å². The van der Waals surface area contributed by atoms with E-state index < -0.39 is 5.97 Å². The topological polar surface area (TPSA) is 53.1 Å². The predicted molar refractivity (Wildman–Crippen MR) is 68.8 cm³/mol. The maximum atomic E-state index is 10.9. The second kappa shape index (κ2) is 4.27. The first-order chi connectivity index (χ1) is 7.61. The van der Waals surface area contributed by atoms with Crippen molar-refractivity contribution in [1.82, 2.24) is 4.98 Å². The van der Waals surface area contributed by atoms with Gasteiger partial charge in [-0.3, -0.25) is 0 Å². The predicted octanol–water partition coefficient (Wildman–Crippen LogP) is 3.03. The summed E-state index contributed by atoms with van der Waals surface area (Å²) in [5, 5.41) is 9.75. The summed E-state index contributed by atoms with van der Waals surface area (Å²) in [6, 6.07) is 7.13. The number of carbonyl (C=O) groups is 1. The Morgan fingerprint density at radius 1 is 1.44 bits per heavy atom. The van der Waals surface area contributed by atoms with Crippen molar-refractivity contribution >= 4 is 41.7 Å². The van der Waals surface area contributed by atoms with Gasteiger partial charge in [0.1, 0.15) is 5.69 Å². The van der Waals surface area contributed by atoms with Crippen LogP contribution < -0.4 is 0 Å². The molecule has 5 heteroatoms. The number of nitrogens with one attached hydrogen (secondary N) is 1. The Labute approximate surface area is 103 Å². The van der Waals surface area contributed by atoms with Crippen LogP contribution in [0.4, 0.5) is 0 Å². The van der Waals surface area contributed by atoms with Gasteiger partial charge in [0.15, 0.2) is 0 Å². The fraction of sp³-hybridized carbons (Fsp3) is 0.0909. The highest BCUT2D eigenvalue weighted by atomic mass is 32.1. The van der Waals surface area contributed by atoms with Gasteiger partial charge in [-0.05, 0) is 17.7 Å². The minimum Gasteiger partial charge on any atom is -0.477 e. The SMILES string of the molecule is O=C(O)c1cc(=S)c2ccc(CS)cc2[nH]1. The molecule has 0 amide bonds. The Bertz CT molecular complexity index is 619. The second-order valence-electron chi connectivity index (χ2n) is 3.39. The number of carboxylic acid groups (broad SMARTS) is 1. The van der Waals surface area contributed by atoms with E-state index in [1.807, 2.05) is 18.2 Å². The molecule has 0 fully saturated rings. The van der Waals surface area contributed by atoms with Crippen LogP contribution >= 0.6 is 24.8 Å². The highest BCUT2D eigenvalue weighted by Crippen LogP contribution is 2.17. The molecule has 0 aliphatic heterocycles. The van der Waals surface area contributed by atoms with Crippen molar-refractivity contribution in [1.29, 1.82) is 0 Å². The minimum absolute atomic E-state index is 0.105. The monoisotopic (exact) mass is 251 g/mol. The molecular formula is C11H9NO2S2. The summed E-state index contributed by atoms with van der Waals surface area (Å²) in [6.45, 7) is 0. The van der Waals surface area contributed by atoms with Crippen LogP contribution in [0.2, 0.25) is 0 Å². The van der Waals surface area contributed by atoms with Crippen LogP contribution in [0.1, 0.15) is 16.1 Å². The van der Waals surface area contributed by atoms with Gasteiger partial charge >= 0.3 is 5.97 Å². The van der Waals surface area contributed by atoms with Gasteiger partial charge in [-0.15, -0.1) is 0 Å². The lowest BCUT2D eigenvalue weighted by molar-refractivity contribution is 0.0691. The first kappa shape index (κ1) is 11.2. The zero-order chi connectivity index (χ0) is 11.7. The standard InChI is InChI=1S/C11H9NO2S2/c13-11(14)9-4-10(16)7-2-1-6(5-15)3-8(7)12-9/h1-4,15H,5H2,(H,12,16)(H,13,14). The van der Waals surface area contributed by atoms with E-state index in [9.17, 15) is 4.79 Å². The second-order valence-corrected chi connectivity index (χ2v) is 4.15. The molecule has 0 saturated carbocycles. The number of aromatic amines is 1. The molecule has 1 aromatic heterocycles. The van der Waals surface area contributed by atoms with Crippen LogP contribution in [0, 0.1) is 4.51 Å². The third kappa shape index (κ3) is 1.96. The first-order valence-corrected chi connectivity index (χ1v) is 5.66. The average Bonchev–Trinajstić information content (AvgIpc) is 2.28. The number of aromatic nitrogens is 1. The summed E-state index contributed by atoms with van der Waals surface area (Å²) in [5.74, 6) is -0.405. The number of fused-ring (bicyclic) bond motifs is 1. The number of pyridine rings is 1. The Balaban J connectivity index is 2.78. The highest BCUT2D eigenvalue weighted by molar-refractivity contribution is 7.79. The summed E-state index contributed by atoms with van der Waals surface area (Å²) >= 11 is 9.31. The fourth-order valence-electron chi connectivity index (χ4n) is 1.51. The summed E-state index contributed by atoms with van der Waals surface area (Å²) < 4.78 is 0.539. The largest absolute Gasteiger partial charge is 0.477 e. The van der Waals surface area contributed by atoms with E-state index in [0.29, 0.717) is 10.3 Å². The maximum Gasteiger partial charge on any atom is 0.352 e. The van der Waals surface area contributed by atoms with Gasteiger partial charge in [0.05, 0.1) is 0 Å². The highest BCUT2D eigenvalue weighted by Gasteiger charge is 2.06. The van der Waals surface area contributed by atoms with Crippen LogP contribution in [0.5, 0.6) is 0 Å². The van der Waals surface area contributed by atoms with Gasteiger partial charge in [0.25, 0.3) is 0 Å². The van der Waals surface area contributed by atoms with Gasteiger partial charge in [0, 0.05) is 21.2 Å². The zero-order valence-corrected chi connectivity index (χ0v) is 9.94. The summed E-state index contributed by atoms with van der Waals surface area (Å²) in [5.41, 5.74) is 1.86. The maximum absolute atomic E-state index is 10.9. The lowest BCUT2D eigenvalue weighted by atomic mass is 10.1. The van der Waals surface area contributed by atoms with Gasteiger partial charge in [-0.1, -0.05) is 24.4 Å². The normalized spacial score (nSPS) is 10.6. The Morgan fingerprint density at radius 2 is 2.19 bits per heavy atom. The molecule has 0 bridgehead atoms. The minimum atomic E-state index is -1.01. The van der Waals surface area contributed by atoms with E-state index in [1.165, 1.54) is 6.07 Å². The number of rotatable bonds is 2.